The maximum Gasteiger partial charge on any atom is -1.00 e. The second-order valence-corrected chi connectivity index (χ2v) is 22.7. The van der Waals surface area contributed by atoms with Gasteiger partial charge < -0.3 is 12.4 Å². The van der Waals surface area contributed by atoms with Crippen molar-refractivity contribution in [3.05, 3.63) is 0 Å². The Labute approximate surface area is 203 Å². The van der Waals surface area contributed by atoms with Crippen molar-refractivity contribution in [2.75, 3.05) is 0 Å². The van der Waals surface area contributed by atoms with E-state index in [0.29, 0.717) is 0 Å². The number of unbranched alkanes of at least 4 members (excludes halogenated alkanes) is 16. The van der Waals surface area contributed by atoms with Gasteiger partial charge in [0.25, 0.3) is 0 Å². The van der Waals surface area contributed by atoms with E-state index in [0.717, 1.165) is 0 Å². The smallest absolute Gasteiger partial charge is 1.00 e. The predicted octanol–water partition coefficient (Wildman–Crippen LogP) is 8.32. The molecule has 0 heterocycles. The molecule has 0 atom stereocenters. The molecule has 0 nitrogen and oxygen atoms in total. The van der Waals surface area contributed by atoms with Gasteiger partial charge in [-0.1, -0.05) is 26.2 Å². The van der Waals surface area contributed by atoms with Crippen molar-refractivity contribution in [2.24, 2.45) is 0 Å². The van der Waals surface area contributed by atoms with E-state index in [4.69, 9.17) is 0 Å². The molecule has 0 unspecified atom stereocenters. The van der Waals surface area contributed by atoms with Gasteiger partial charge in [0.15, 0.2) is 0 Å². The minimum absolute atomic E-state index is 0. The minimum atomic E-state index is -1.69. The van der Waals surface area contributed by atoms with Gasteiger partial charge in [0, 0.05) is 0 Å². The quantitative estimate of drug-likeness (QED) is 0.0832. The third-order valence-electron chi connectivity index (χ3n) is 6.94. The first kappa shape index (κ1) is 33.3. The first-order valence-electron chi connectivity index (χ1n) is 14.1. The van der Waals surface area contributed by atoms with Crippen molar-refractivity contribution in [1.82, 2.24) is 0 Å². The minimum Gasteiger partial charge on any atom is -1.00 e. The van der Waals surface area contributed by atoms with Crippen LogP contribution in [0.4, 0.5) is 0 Å². The van der Waals surface area contributed by atoms with Crippen molar-refractivity contribution in [3.63, 3.8) is 0 Å². The molecule has 0 aliphatic rings. The summed E-state index contributed by atoms with van der Waals surface area (Å²) in [6, 6.07) is 0. The molecular weight excluding hydrogens is 494 g/mol. The largest absolute Gasteiger partial charge is 1.00 e. The summed E-state index contributed by atoms with van der Waals surface area (Å²) in [5.74, 6) is 0. The Morgan fingerprint density at radius 2 is 0.533 bits per heavy atom. The molecule has 0 aromatic heterocycles. The Kier molecular flexibility index (Phi) is 29.2. The normalized spacial score (nSPS) is 11.6. The van der Waals surface area contributed by atoms with E-state index in [1.165, 1.54) is 122 Å². The fourth-order valence-corrected chi connectivity index (χ4v) is 19.6. The molecule has 0 amide bonds. The van der Waals surface area contributed by atoms with Gasteiger partial charge in [-0.15, -0.1) is 0 Å². The molecule has 0 saturated carbocycles. The van der Waals surface area contributed by atoms with Gasteiger partial charge in [-0.3, -0.25) is 0 Å². The summed E-state index contributed by atoms with van der Waals surface area (Å²) in [4.78, 5) is 0. The zero-order valence-electron chi connectivity index (χ0n) is 21.8. The van der Waals surface area contributed by atoms with Gasteiger partial charge in [0.2, 0.25) is 0 Å². The van der Waals surface area contributed by atoms with Crippen LogP contribution in [0.25, 0.3) is 0 Å². The topological polar surface area (TPSA) is 0 Å². The standard InChI is InChI=1S/C16H33.3C4H9.ClH.Sb/c1-3-5-7-9-11-13-15-16-14-12-10-8-6-4-2;3*1-3-4-2;;/h1,3-16H2,2H3;3*1,3-4H2,2H3;1H;/q;;;;;+1/p-1. The van der Waals surface area contributed by atoms with Gasteiger partial charge in [-0.05, 0) is 0 Å². The SMILES string of the molecule is CCCCCCCCCCCCCCC[CH2][Sb+]([CH2]CCC)([CH2]CCC)[CH2]CCC.[Cl-]. The maximum absolute atomic E-state index is 2.40. The molecule has 30 heavy (non-hydrogen) atoms. The van der Waals surface area contributed by atoms with E-state index in [1.54, 1.807) is 23.9 Å². The van der Waals surface area contributed by atoms with E-state index < -0.39 is 18.8 Å². The molecule has 184 valence electrons. The Morgan fingerprint density at radius 1 is 0.300 bits per heavy atom. The molecule has 0 radical (unpaired) electrons. The summed E-state index contributed by atoms with van der Waals surface area (Å²) in [7, 11) is 0. The van der Waals surface area contributed by atoms with Gasteiger partial charge >= 0.3 is 166 Å². The zero-order valence-corrected chi connectivity index (χ0v) is 25.1. The van der Waals surface area contributed by atoms with Crippen LogP contribution < -0.4 is 12.4 Å². The molecule has 0 fully saturated rings. The van der Waals surface area contributed by atoms with Crippen molar-refractivity contribution in [3.8, 4) is 0 Å². The van der Waals surface area contributed by atoms with E-state index in [-0.39, 0.29) is 12.4 Å². The Balaban J connectivity index is 0. The molecule has 0 N–H and O–H groups in total. The Hall–Kier alpha value is 1.11. The molecule has 0 rings (SSSR count). The first-order chi connectivity index (χ1) is 14.2. The summed E-state index contributed by atoms with van der Waals surface area (Å²) in [6.07, 6.45) is 29.8. The molecule has 0 spiro atoms. The molecular formula is C28H60ClSb. The average molecular weight is 554 g/mol. The van der Waals surface area contributed by atoms with Crippen LogP contribution in [0.1, 0.15) is 156 Å². The van der Waals surface area contributed by atoms with Crippen LogP contribution in [0.3, 0.4) is 0 Å². The molecule has 0 aromatic rings. The van der Waals surface area contributed by atoms with Gasteiger partial charge in [0.1, 0.15) is 0 Å². The zero-order chi connectivity index (χ0) is 21.5. The number of hydrogen-bond acceptors (Lipinski definition) is 0. The molecule has 0 saturated heterocycles. The monoisotopic (exact) mass is 552 g/mol. The third-order valence-corrected chi connectivity index (χ3v) is 21.4. The molecule has 0 bridgehead atoms. The van der Waals surface area contributed by atoms with Crippen LogP contribution in [0.5, 0.6) is 0 Å². The second-order valence-electron chi connectivity index (χ2n) is 9.89. The third kappa shape index (κ3) is 21.0. The van der Waals surface area contributed by atoms with E-state index >= 15 is 0 Å². The van der Waals surface area contributed by atoms with Crippen molar-refractivity contribution in [2.45, 2.75) is 174 Å². The van der Waals surface area contributed by atoms with Crippen LogP contribution in [-0.4, -0.2) is 18.8 Å². The maximum atomic E-state index is 2.40. The number of halogens is 1. The second kappa shape index (κ2) is 26.4. The van der Waals surface area contributed by atoms with E-state index in [1.807, 2.05) is 0 Å². The van der Waals surface area contributed by atoms with Crippen LogP contribution >= 0.6 is 0 Å². The van der Waals surface area contributed by atoms with Crippen LogP contribution in [0.15, 0.2) is 0 Å². The molecule has 0 aromatic carbocycles. The molecule has 0 aliphatic carbocycles. The Morgan fingerprint density at radius 3 is 0.833 bits per heavy atom. The summed E-state index contributed by atoms with van der Waals surface area (Å²) in [5.41, 5.74) is 0. The first-order valence-corrected chi connectivity index (χ1v) is 21.3. The molecule has 0 aliphatic heterocycles. The average Bonchev–Trinajstić information content (AvgIpc) is 2.74. The van der Waals surface area contributed by atoms with Gasteiger partial charge in [0.05, 0.1) is 0 Å². The summed E-state index contributed by atoms with van der Waals surface area (Å²) < 4.78 is 6.82. The van der Waals surface area contributed by atoms with Gasteiger partial charge in [-0.2, -0.15) is 0 Å². The van der Waals surface area contributed by atoms with Crippen LogP contribution in [0, 0.1) is 0 Å². The Bertz CT molecular complexity index is 283. The summed E-state index contributed by atoms with van der Waals surface area (Å²) in [6.45, 7) is 9.52. The fourth-order valence-electron chi connectivity index (χ4n) is 4.79. The predicted molar refractivity (Wildman–Crippen MR) is 140 cm³/mol. The van der Waals surface area contributed by atoms with Crippen molar-refractivity contribution < 1.29 is 12.4 Å². The van der Waals surface area contributed by atoms with Crippen LogP contribution in [0.2, 0.25) is 17.5 Å². The van der Waals surface area contributed by atoms with E-state index in [9.17, 15) is 0 Å². The summed E-state index contributed by atoms with van der Waals surface area (Å²) >= 11 is -1.69. The summed E-state index contributed by atoms with van der Waals surface area (Å²) in [5, 5.41) is 0. The fraction of sp³-hybridized carbons (Fsp3) is 1.00. The van der Waals surface area contributed by atoms with Gasteiger partial charge in [-0.25, -0.2) is 0 Å². The van der Waals surface area contributed by atoms with Crippen LogP contribution in [-0.2, 0) is 0 Å². The van der Waals surface area contributed by atoms with Crippen molar-refractivity contribution >= 4 is 18.8 Å². The van der Waals surface area contributed by atoms with E-state index in [2.05, 4.69) is 27.7 Å². The number of hydrogen-bond donors (Lipinski definition) is 0. The molecule has 2 heteroatoms. The van der Waals surface area contributed by atoms with Crippen molar-refractivity contribution in [1.29, 1.82) is 0 Å². The number of rotatable bonds is 24.